The molecule has 17 heavy (non-hydrogen) atoms. The minimum absolute atomic E-state index is 0.00923. The molecular formula is C11H12ClNO4. The van der Waals surface area contributed by atoms with E-state index in [1.807, 2.05) is 0 Å². The number of nitro groups is 1. The van der Waals surface area contributed by atoms with Gasteiger partial charge in [0.1, 0.15) is 12.4 Å². The summed E-state index contributed by atoms with van der Waals surface area (Å²) >= 11 is 5.39. The van der Waals surface area contributed by atoms with Gasteiger partial charge in [0, 0.05) is 12.1 Å². The summed E-state index contributed by atoms with van der Waals surface area (Å²) in [6.07, 6.45) is 0. The molecular weight excluding hydrogens is 246 g/mol. The smallest absolute Gasteiger partial charge is 0.269 e. The molecule has 0 radical (unpaired) electrons. The summed E-state index contributed by atoms with van der Waals surface area (Å²) in [6.45, 7) is 3.44. The van der Waals surface area contributed by atoms with Crippen LogP contribution in [0.25, 0.3) is 0 Å². The minimum atomic E-state index is -0.788. The first-order chi connectivity index (χ1) is 7.83. The predicted octanol–water partition coefficient (Wildman–Crippen LogP) is 2.77. The summed E-state index contributed by atoms with van der Waals surface area (Å²) in [7, 11) is 0. The molecule has 0 saturated heterocycles. The molecule has 0 unspecified atom stereocenters. The number of halogens is 1. The van der Waals surface area contributed by atoms with Crippen molar-refractivity contribution in [3.8, 4) is 5.75 Å². The van der Waals surface area contributed by atoms with E-state index in [-0.39, 0.29) is 12.3 Å². The highest BCUT2D eigenvalue weighted by Crippen LogP contribution is 2.23. The molecule has 0 spiro atoms. The topological polar surface area (TPSA) is 69.4 Å². The van der Waals surface area contributed by atoms with Crippen molar-refractivity contribution in [3.05, 3.63) is 34.4 Å². The molecule has 0 aliphatic heterocycles. The van der Waals surface area contributed by atoms with Crippen LogP contribution in [0.1, 0.15) is 13.8 Å². The Hall–Kier alpha value is -1.62. The number of nitro benzene ring substituents is 1. The molecule has 92 valence electrons. The molecule has 0 fully saturated rings. The Labute approximate surface area is 103 Å². The highest BCUT2D eigenvalue weighted by atomic mass is 35.5. The van der Waals surface area contributed by atoms with Crippen molar-refractivity contribution < 1.29 is 14.5 Å². The number of ether oxygens (including phenoxy) is 1. The first-order valence-electron chi connectivity index (χ1n) is 4.90. The van der Waals surface area contributed by atoms with Crippen LogP contribution in [0.2, 0.25) is 0 Å². The molecule has 0 amide bonds. The fourth-order valence-corrected chi connectivity index (χ4v) is 1.04. The third-order valence-corrected chi connectivity index (χ3v) is 2.69. The normalized spacial score (nSPS) is 11.0. The van der Waals surface area contributed by atoms with Crippen molar-refractivity contribution in [1.82, 2.24) is 0 Å². The van der Waals surface area contributed by atoms with Crippen molar-refractivity contribution in [2.45, 2.75) is 13.8 Å². The fourth-order valence-electron chi connectivity index (χ4n) is 0.985. The number of rotatable bonds is 5. The van der Waals surface area contributed by atoms with Gasteiger partial charge in [-0.1, -0.05) is 0 Å². The lowest BCUT2D eigenvalue weighted by Gasteiger charge is -2.19. The molecule has 6 heteroatoms. The Morgan fingerprint density at radius 3 is 2.35 bits per heavy atom. The van der Waals surface area contributed by atoms with E-state index in [1.165, 1.54) is 24.3 Å². The van der Waals surface area contributed by atoms with Gasteiger partial charge in [-0.3, -0.25) is 14.9 Å². The summed E-state index contributed by atoms with van der Waals surface area (Å²) in [4.78, 5) is 21.0. The first-order valence-corrected chi connectivity index (χ1v) is 5.28. The van der Waals surface area contributed by atoms with Gasteiger partial charge in [-0.2, -0.15) is 0 Å². The van der Waals surface area contributed by atoms with Gasteiger partial charge in [-0.05, 0) is 37.6 Å². The molecule has 1 aromatic carbocycles. The van der Waals surface area contributed by atoms with Gasteiger partial charge < -0.3 is 4.74 Å². The molecule has 5 nitrogen and oxygen atoms in total. The maximum atomic E-state index is 11.0. The van der Waals surface area contributed by atoms with E-state index in [9.17, 15) is 14.9 Å². The lowest BCUT2D eigenvalue weighted by atomic mass is 9.97. The SMILES string of the molecule is CC(C)(COc1ccc([N+](=O)[O-])cc1)C(=O)Cl. The Balaban J connectivity index is 2.65. The maximum absolute atomic E-state index is 11.0. The van der Waals surface area contributed by atoms with E-state index in [1.54, 1.807) is 13.8 Å². The van der Waals surface area contributed by atoms with Crippen molar-refractivity contribution in [2.24, 2.45) is 5.41 Å². The average Bonchev–Trinajstić information content (AvgIpc) is 2.27. The average molecular weight is 258 g/mol. The number of carbonyl (C=O) groups excluding carboxylic acids is 1. The molecule has 0 bridgehead atoms. The number of benzene rings is 1. The standard InChI is InChI=1S/C11H12ClNO4/c1-11(2,10(12)14)7-17-9-5-3-8(4-6-9)13(15)16/h3-6H,7H2,1-2H3. The van der Waals surface area contributed by atoms with Crippen LogP contribution in [0, 0.1) is 15.5 Å². The Kier molecular flexibility index (Phi) is 4.07. The van der Waals surface area contributed by atoms with Gasteiger partial charge >= 0.3 is 0 Å². The van der Waals surface area contributed by atoms with Crippen LogP contribution in [0.4, 0.5) is 5.69 Å². The van der Waals surface area contributed by atoms with Crippen LogP contribution >= 0.6 is 11.6 Å². The largest absolute Gasteiger partial charge is 0.493 e. The van der Waals surface area contributed by atoms with Crippen molar-refractivity contribution in [1.29, 1.82) is 0 Å². The zero-order valence-corrected chi connectivity index (χ0v) is 10.2. The van der Waals surface area contributed by atoms with E-state index in [0.717, 1.165) is 0 Å². The van der Waals surface area contributed by atoms with E-state index in [0.29, 0.717) is 5.75 Å². The molecule has 0 aliphatic carbocycles. The summed E-state index contributed by atoms with van der Waals surface area (Å²) in [5, 5.41) is 9.93. The van der Waals surface area contributed by atoms with Gasteiger partial charge in [-0.15, -0.1) is 0 Å². The fraction of sp³-hybridized carbons (Fsp3) is 0.364. The number of hydrogen-bond acceptors (Lipinski definition) is 4. The van der Waals surface area contributed by atoms with Crippen LogP contribution in [0.3, 0.4) is 0 Å². The van der Waals surface area contributed by atoms with E-state index < -0.39 is 15.6 Å². The Morgan fingerprint density at radius 1 is 1.41 bits per heavy atom. The molecule has 0 aromatic heterocycles. The summed E-state index contributed by atoms with van der Waals surface area (Å²) < 4.78 is 5.34. The second kappa shape index (κ2) is 5.14. The van der Waals surface area contributed by atoms with Gasteiger partial charge in [0.05, 0.1) is 10.3 Å². The second-order valence-corrected chi connectivity index (χ2v) is 4.54. The highest BCUT2D eigenvalue weighted by molar-refractivity contribution is 6.64. The number of hydrogen-bond donors (Lipinski definition) is 0. The summed E-state index contributed by atoms with van der Waals surface area (Å²) in [5.74, 6) is 0.460. The summed E-state index contributed by atoms with van der Waals surface area (Å²) in [6, 6.07) is 5.63. The lowest BCUT2D eigenvalue weighted by Crippen LogP contribution is -2.27. The van der Waals surface area contributed by atoms with Gasteiger partial charge in [0.25, 0.3) is 5.69 Å². The highest BCUT2D eigenvalue weighted by Gasteiger charge is 2.26. The van der Waals surface area contributed by atoms with Crippen molar-refractivity contribution in [2.75, 3.05) is 6.61 Å². The lowest BCUT2D eigenvalue weighted by molar-refractivity contribution is -0.384. The van der Waals surface area contributed by atoms with Crippen molar-refractivity contribution in [3.63, 3.8) is 0 Å². The number of nitrogens with zero attached hydrogens (tertiary/aromatic N) is 1. The van der Waals surface area contributed by atoms with E-state index >= 15 is 0 Å². The summed E-state index contributed by atoms with van der Waals surface area (Å²) in [5.41, 5.74) is -0.798. The first kappa shape index (κ1) is 13.4. The molecule has 0 N–H and O–H groups in total. The maximum Gasteiger partial charge on any atom is 0.269 e. The van der Waals surface area contributed by atoms with Gasteiger partial charge in [0.15, 0.2) is 0 Å². The van der Waals surface area contributed by atoms with E-state index in [2.05, 4.69) is 0 Å². The van der Waals surface area contributed by atoms with Crippen LogP contribution in [0.5, 0.6) is 5.75 Å². The third-order valence-electron chi connectivity index (χ3n) is 2.18. The Morgan fingerprint density at radius 2 is 1.94 bits per heavy atom. The van der Waals surface area contributed by atoms with Gasteiger partial charge in [0.2, 0.25) is 5.24 Å². The zero-order valence-electron chi connectivity index (χ0n) is 9.47. The molecule has 0 saturated carbocycles. The van der Waals surface area contributed by atoms with Crippen molar-refractivity contribution >= 4 is 22.5 Å². The quantitative estimate of drug-likeness (QED) is 0.462. The van der Waals surface area contributed by atoms with E-state index in [4.69, 9.17) is 16.3 Å². The minimum Gasteiger partial charge on any atom is -0.493 e. The Bertz CT molecular complexity index is 428. The van der Waals surface area contributed by atoms with Crippen LogP contribution < -0.4 is 4.74 Å². The molecule has 0 aliphatic rings. The van der Waals surface area contributed by atoms with Crippen LogP contribution in [-0.2, 0) is 4.79 Å². The van der Waals surface area contributed by atoms with Crippen LogP contribution in [0.15, 0.2) is 24.3 Å². The molecule has 0 atom stereocenters. The number of non-ortho nitro benzene ring substituents is 1. The molecule has 0 heterocycles. The molecule has 1 rings (SSSR count). The second-order valence-electron chi connectivity index (χ2n) is 4.20. The monoisotopic (exact) mass is 257 g/mol. The third kappa shape index (κ3) is 3.71. The zero-order chi connectivity index (χ0) is 13.1. The predicted molar refractivity (Wildman–Crippen MR) is 63.2 cm³/mol. The molecule has 1 aromatic rings. The van der Waals surface area contributed by atoms with Gasteiger partial charge in [-0.25, -0.2) is 0 Å². The van der Waals surface area contributed by atoms with Crippen LogP contribution in [-0.4, -0.2) is 16.8 Å². The number of carbonyl (C=O) groups is 1.